The first-order valence-corrected chi connectivity index (χ1v) is 6.23. The van der Waals surface area contributed by atoms with Gasteiger partial charge in [-0.2, -0.15) is 5.26 Å². The number of nitriles is 1. The molecule has 0 amide bonds. The van der Waals surface area contributed by atoms with Crippen molar-refractivity contribution in [3.63, 3.8) is 0 Å². The lowest BCUT2D eigenvalue weighted by molar-refractivity contribution is 1.12. The SMILES string of the molecule is CN(c1ccc(C#N)cc1)c1cnc2ccccc2n1. The summed E-state index contributed by atoms with van der Waals surface area (Å²) in [7, 11) is 1.93. The molecule has 0 bridgehead atoms. The Hall–Kier alpha value is -2.93. The zero-order valence-electron chi connectivity index (χ0n) is 11.0. The van der Waals surface area contributed by atoms with Crippen LogP contribution in [0, 0.1) is 11.3 Å². The van der Waals surface area contributed by atoms with E-state index in [0.717, 1.165) is 22.5 Å². The lowest BCUT2D eigenvalue weighted by atomic mass is 10.2. The Morgan fingerprint density at radius 1 is 1.00 bits per heavy atom. The molecular formula is C16H12N4. The topological polar surface area (TPSA) is 52.8 Å². The zero-order chi connectivity index (χ0) is 13.9. The molecule has 0 N–H and O–H groups in total. The van der Waals surface area contributed by atoms with Crippen LogP contribution in [0.1, 0.15) is 5.56 Å². The number of aromatic nitrogens is 2. The van der Waals surface area contributed by atoms with Crippen LogP contribution in [-0.4, -0.2) is 17.0 Å². The molecule has 0 aliphatic rings. The Balaban J connectivity index is 1.98. The van der Waals surface area contributed by atoms with Crippen molar-refractivity contribution in [1.29, 1.82) is 5.26 Å². The van der Waals surface area contributed by atoms with Gasteiger partial charge in [0.05, 0.1) is 28.9 Å². The molecule has 0 aliphatic carbocycles. The van der Waals surface area contributed by atoms with E-state index in [9.17, 15) is 0 Å². The number of benzene rings is 2. The fourth-order valence-corrected chi connectivity index (χ4v) is 2.00. The van der Waals surface area contributed by atoms with Crippen molar-refractivity contribution >= 4 is 22.5 Å². The predicted octanol–water partition coefficient (Wildman–Crippen LogP) is 3.27. The van der Waals surface area contributed by atoms with E-state index >= 15 is 0 Å². The highest BCUT2D eigenvalue weighted by Crippen LogP contribution is 2.22. The molecule has 0 unspecified atom stereocenters. The van der Waals surface area contributed by atoms with Gasteiger partial charge in [-0.3, -0.25) is 4.98 Å². The second kappa shape index (κ2) is 4.98. The van der Waals surface area contributed by atoms with Gasteiger partial charge in [0, 0.05) is 12.7 Å². The van der Waals surface area contributed by atoms with Crippen LogP contribution in [0.4, 0.5) is 11.5 Å². The third kappa shape index (κ3) is 2.17. The van der Waals surface area contributed by atoms with Crippen molar-refractivity contribution in [3.05, 3.63) is 60.3 Å². The minimum absolute atomic E-state index is 0.645. The maximum Gasteiger partial charge on any atom is 0.152 e. The Bertz CT molecular complexity index is 787. The van der Waals surface area contributed by atoms with Gasteiger partial charge >= 0.3 is 0 Å². The van der Waals surface area contributed by atoms with Crippen LogP contribution in [0.3, 0.4) is 0 Å². The Morgan fingerprint density at radius 3 is 2.40 bits per heavy atom. The first kappa shape index (κ1) is 12.1. The van der Waals surface area contributed by atoms with Gasteiger partial charge in [0.2, 0.25) is 0 Å². The minimum atomic E-state index is 0.645. The van der Waals surface area contributed by atoms with E-state index in [4.69, 9.17) is 5.26 Å². The van der Waals surface area contributed by atoms with Crippen LogP contribution in [0.5, 0.6) is 0 Å². The Morgan fingerprint density at radius 2 is 1.70 bits per heavy atom. The molecule has 2 aromatic carbocycles. The first-order chi connectivity index (χ1) is 9.78. The number of fused-ring (bicyclic) bond motifs is 1. The highest BCUT2D eigenvalue weighted by atomic mass is 15.2. The molecule has 3 aromatic rings. The first-order valence-electron chi connectivity index (χ1n) is 6.23. The number of rotatable bonds is 2. The number of hydrogen-bond donors (Lipinski definition) is 0. The molecule has 0 radical (unpaired) electrons. The number of para-hydroxylation sites is 2. The van der Waals surface area contributed by atoms with Gasteiger partial charge in [0.15, 0.2) is 5.82 Å². The lowest BCUT2D eigenvalue weighted by Crippen LogP contribution is -2.11. The molecule has 0 spiro atoms. The molecule has 1 heterocycles. The summed E-state index contributed by atoms with van der Waals surface area (Å²) in [5.41, 5.74) is 3.36. The average molecular weight is 260 g/mol. The number of anilines is 2. The third-order valence-corrected chi connectivity index (χ3v) is 3.16. The molecule has 0 fully saturated rings. The maximum absolute atomic E-state index is 8.82. The van der Waals surface area contributed by atoms with E-state index in [-0.39, 0.29) is 0 Å². The summed E-state index contributed by atoms with van der Waals surface area (Å²) in [6.45, 7) is 0. The molecule has 0 aliphatic heterocycles. The van der Waals surface area contributed by atoms with Gasteiger partial charge in [0.1, 0.15) is 0 Å². The minimum Gasteiger partial charge on any atom is -0.328 e. The van der Waals surface area contributed by atoms with E-state index < -0.39 is 0 Å². The molecule has 0 saturated carbocycles. The Labute approximate surface area is 116 Å². The molecule has 20 heavy (non-hydrogen) atoms. The Kier molecular flexibility index (Phi) is 3.02. The molecule has 3 rings (SSSR count). The fourth-order valence-electron chi connectivity index (χ4n) is 2.00. The second-order valence-corrected chi connectivity index (χ2v) is 4.43. The second-order valence-electron chi connectivity index (χ2n) is 4.43. The smallest absolute Gasteiger partial charge is 0.152 e. The summed E-state index contributed by atoms with van der Waals surface area (Å²) in [6.07, 6.45) is 1.75. The highest BCUT2D eigenvalue weighted by Gasteiger charge is 2.07. The summed E-state index contributed by atoms with van der Waals surface area (Å²) < 4.78 is 0. The average Bonchev–Trinajstić information content (AvgIpc) is 2.54. The van der Waals surface area contributed by atoms with Gasteiger partial charge in [-0.1, -0.05) is 12.1 Å². The van der Waals surface area contributed by atoms with E-state index in [2.05, 4.69) is 16.0 Å². The molecule has 0 saturated heterocycles. The van der Waals surface area contributed by atoms with Crippen LogP contribution in [0.2, 0.25) is 0 Å². The van der Waals surface area contributed by atoms with Crippen molar-refractivity contribution in [3.8, 4) is 6.07 Å². The maximum atomic E-state index is 8.82. The number of hydrogen-bond acceptors (Lipinski definition) is 4. The third-order valence-electron chi connectivity index (χ3n) is 3.16. The molecule has 1 aromatic heterocycles. The van der Waals surface area contributed by atoms with Gasteiger partial charge in [-0.05, 0) is 36.4 Å². The summed E-state index contributed by atoms with van der Waals surface area (Å²) in [4.78, 5) is 10.9. The van der Waals surface area contributed by atoms with E-state index in [1.165, 1.54) is 0 Å². The summed E-state index contributed by atoms with van der Waals surface area (Å²) >= 11 is 0. The van der Waals surface area contributed by atoms with E-state index in [1.54, 1.807) is 18.3 Å². The summed E-state index contributed by atoms with van der Waals surface area (Å²) in [6, 6.07) is 17.3. The van der Waals surface area contributed by atoms with Crippen molar-refractivity contribution in [2.45, 2.75) is 0 Å². The van der Waals surface area contributed by atoms with Gasteiger partial charge in [0.25, 0.3) is 0 Å². The van der Waals surface area contributed by atoms with E-state index in [0.29, 0.717) is 5.56 Å². The van der Waals surface area contributed by atoms with Gasteiger partial charge < -0.3 is 4.90 Å². The molecule has 96 valence electrons. The molecule has 4 heteroatoms. The zero-order valence-corrected chi connectivity index (χ0v) is 11.0. The van der Waals surface area contributed by atoms with E-state index in [1.807, 2.05) is 48.3 Å². The predicted molar refractivity (Wildman–Crippen MR) is 78.8 cm³/mol. The van der Waals surface area contributed by atoms with Gasteiger partial charge in [-0.15, -0.1) is 0 Å². The van der Waals surface area contributed by atoms with Crippen LogP contribution >= 0.6 is 0 Å². The fraction of sp³-hybridized carbons (Fsp3) is 0.0625. The van der Waals surface area contributed by atoms with Crippen LogP contribution in [-0.2, 0) is 0 Å². The quantitative estimate of drug-likeness (QED) is 0.709. The molecule has 0 atom stereocenters. The normalized spacial score (nSPS) is 10.2. The monoisotopic (exact) mass is 260 g/mol. The summed E-state index contributed by atoms with van der Waals surface area (Å²) in [5.74, 6) is 0.772. The van der Waals surface area contributed by atoms with Crippen molar-refractivity contribution < 1.29 is 0 Å². The highest BCUT2D eigenvalue weighted by molar-refractivity contribution is 5.76. The van der Waals surface area contributed by atoms with Crippen molar-refractivity contribution in [1.82, 2.24) is 9.97 Å². The number of nitrogens with zero attached hydrogens (tertiary/aromatic N) is 4. The molecular weight excluding hydrogens is 248 g/mol. The standard InChI is InChI=1S/C16H12N4/c1-20(13-8-6-12(10-17)7-9-13)16-11-18-14-4-2-3-5-15(14)19-16/h2-9,11H,1H3. The van der Waals surface area contributed by atoms with Crippen molar-refractivity contribution in [2.24, 2.45) is 0 Å². The van der Waals surface area contributed by atoms with Crippen LogP contribution < -0.4 is 4.90 Å². The summed E-state index contributed by atoms with van der Waals surface area (Å²) in [5, 5.41) is 8.82. The largest absolute Gasteiger partial charge is 0.328 e. The van der Waals surface area contributed by atoms with Crippen LogP contribution in [0.15, 0.2) is 54.7 Å². The van der Waals surface area contributed by atoms with Gasteiger partial charge in [-0.25, -0.2) is 4.98 Å². The van der Waals surface area contributed by atoms with Crippen LogP contribution in [0.25, 0.3) is 11.0 Å². The lowest BCUT2D eigenvalue weighted by Gasteiger charge is -2.18. The van der Waals surface area contributed by atoms with Crippen molar-refractivity contribution in [2.75, 3.05) is 11.9 Å². The molecule has 4 nitrogen and oxygen atoms in total.